The first kappa shape index (κ1) is 15.6. The van der Waals surface area contributed by atoms with E-state index in [9.17, 15) is 8.78 Å². The molecule has 112 valence electrons. The summed E-state index contributed by atoms with van der Waals surface area (Å²) in [7, 11) is 0. The molecule has 1 atom stereocenters. The van der Waals surface area contributed by atoms with Gasteiger partial charge in [-0.25, -0.2) is 8.78 Å². The van der Waals surface area contributed by atoms with E-state index < -0.39 is 17.7 Å². The summed E-state index contributed by atoms with van der Waals surface area (Å²) in [5, 5.41) is 0. The number of nitrogens with two attached hydrogens (primary N) is 1. The lowest BCUT2D eigenvalue weighted by molar-refractivity contribution is 0.519. The van der Waals surface area contributed by atoms with Gasteiger partial charge in [0.1, 0.15) is 11.6 Å². The molecule has 2 N–H and O–H groups in total. The second-order valence-corrected chi connectivity index (χ2v) is 5.78. The summed E-state index contributed by atoms with van der Waals surface area (Å²) in [6, 6.07) is 6.16. The van der Waals surface area contributed by atoms with Gasteiger partial charge in [-0.2, -0.15) is 0 Å². The van der Waals surface area contributed by atoms with Crippen LogP contribution in [-0.2, 0) is 6.42 Å². The molecule has 21 heavy (non-hydrogen) atoms. The minimum absolute atomic E-state index is 0.0191. The number of hydrogen-bond donors (Lipinski definition) is 1. The average Bonchev–Trinajstić information content (AvgIpc) is 2.38. The Morgan fingerprint density at radius 1 is 0.952 bits per heavy atom. The normalized spacial score (nSPS) is 12.5. The van der Waals surface area contributed by atoms with Crippen LogP contribution in [0.3, 0.4) is 0 Å². The molecule has 0 fully saturated rings. The van der Waals surface area contributed by atoms with Gasteiger partial charge in [0, 0.05) is 11.6 Å². The van der Waals surface area contributed by atoms with Gasteiger partial charge >= 0.3 is 0 Å². The zero-order valence-corrected chi connectivity index (χ0v) is 12.9. The Labute approximate surface area is 124 Å². The quantitative estimate of drug-likeness (QED) is 0.888. The van der Waals surface area contributed by atoms with Gasteiger partial charge in [0.15, 0.2) is 0 Å². The van der Waals surface area contributed by atoms with Gasteiger partial charge in [0.05, 0.1) is 0 Å². The Balaban J connectivity index is 2.40. The van der Waals surface area contributed by atoms with Crippen molar-refractivity contribution in [1.82, 2.24) is 0 Å². The minimum Gasteiger partial charge on any atom is -0.323 e. The number of benzene rings is 2. The molecule has 2 rings (SSSR count). The van der Waals surface area contributed by atoms with Crippen molar-refractivity contribution in [3.63, 3.8) is 0 Å². The van der Waals surface area contributed by atoms with E-state index in [1.54, 1.807) is 6.92 Å². The zero-order valence-electron chi connectivity index (χ0n) is 12.9. The fraction of sp³-hybridized carbons (Fsp3) is 0.333. The van der Waals surface area contributed by atoms with Gasteiger partial charge in [0.25, 0.3) is 0 Å². The average molecular weight is 289 g/mol. The van der Waals surface area contributed by atoms with Crippen LogP contribution in [0.15, 0.2) is 24.3 Å². The van der Waals surface area contributed by atoms with E-state index in [-0.39, 0.29) is 5.56 Å². The topological polar surface area (TPSA) is 26.0 Å². The van der Waals surface area contributed by atoms with E-state index in [0.29, 0.717) is 12.0 Å². The first-order valence-electron chi connectivity index (χ1n) is 7.08. The number of rotatable bonds is 3. The molecular weight excluding hydrogens is 268 g/mol. The number of hydrogen-bond acceptors (Lipinski definition) is 1. The molecule has 2 aromatic rings. The first-order valence-corrected chi connectivity index (χ1v) is 7.08. The van der Waals surface area contributed by atoms with Gasteiger partial charge in [-0.3, -0.25) is 0 Å². The van der Waals surface area contributed by atoms with Crippen LogP contribution in [0.2, 0.25) is 0 Å². The molecule has 0 aromatic heterocycles. The van der Waals surface area contributed by atoms with Crippen molar-refractivity contribution in [1.29, 1.82) is 0 Å². The standard InChI is InChI=1S/C18H21F2N/c1-10-7-12(3)14(13(4)8-10)9-16(21)17-15(19)6-5-11(2)18(17)20/h5-8,16H,9,21H2,1-4H3. The van der Waals surface area contributed by atoms with E-state index in [0.717, 1.165) is 16.7 Å². The van der Waals surface area contributed by atoms with E-state index in [4.69, 9.17) is 5.73 Å². The highest BCUT2D eigenvalue weighted by atomic mass is 19.1. The molecular formula is C18H21F2N. The maximum absolute atomic E-state index is 14.2. The summed E-state index contributed by atoms with van der Waals surface area (Å²) >= 11 is 0. The molecule has 0 aliphatic rings. The molecule has 0 bridgehead atoms. The van der Waals surface area contributed by atoms with Crippen LogP contribution in [0.5, 0.6) is 0 Å². The largest absolute Gasteiger partial charge is 0.323 e. The van der Waals surface area contributed by atoms with Crippen LogP contribution >= 0.6 is 0 Å². The summed E-state index contributed by atoms with van der Waals surface area (Å²) in [5.41, 5.74) is 10.9. The molecule has 0 amide bonds. The number of halogens is 2. The highest BCUT2D eigenvalue weighted by molar-refractivity contribution is 5.39. The Morgan fingerprint density at radius 3 is 2.10 bits per heavy atom. The Kier molecular flexibility index (Phi) is 4.43. The van der Waals surface area contributed by atoms with E-state index in [2.05, 4.69) is 12.1 Å². The Bertz CT molecular complexity index is 654. The third-order valence-electron chi connectivity index (χ3n) is 3.95. The summed E-state index contributed by atoms with van der Waals surface area (Å²) in [6.07, 6.45) is 0.426. The summed E-state index contributed by atoms with van der Waals surface area (Å²) in [5.74, 6) is -1.11. The van der Waals surface area contributed by atoms with Crippen molar-refractivity contribution in [2.24, 2.45) is 5.73 Å². The van der Waals surface area contributed by atoms with Crippen molar-refractivity contribution in [3.8, 4) is 0 Å². The van der Waals surface area contributed by atoms with E-state index in [1.807, 2.05) is 20.8 Å². The fourth-order valence-corrected chi connectivity index (χ4v) is 2.87. The molecule has 0 heterocycles. The molecule has 1 nitrogen and oxygen atoms in total. The third kappa shape index (κ3) is 3.13. The number of aryl methyl sites for hydroxylation is 4. The van der Waals surface area contributed by atoms with Crippen molar-refractivity contribution in [3.05, 3.63) is 69.3 Å². The first-order chi connectivity index (χ1) is 9.81. The maximum atomic E-state index is 14.2. The lowest BCUT2D eigenvalue weighted by Gasteiger charge is -2.18. The molecule has 0 saturated carbocycles. The van der Waals surface area contributed by atoms with Crippen LogP contribution in [0.1, 0.15) is 39.4 Å². The molecule has 1 unspecified atom stereocenters. The molecule has 0 aliphatic heterocycles. The fourth-order valence-electron chi connectivity index (χ4n) is 2.87. The smallest absolute Gasteiger partial charge is 0.133 e. The lowest BCUT2D eigenvalue weighted by Crippen LogP contribution is -2.18. The van der Waals surface area contributed by atoms with Gasteiger partial charge in [-0.05, 0) is 62.4 Å². The lowest BCUT2D eigenvalue weighted by atomic mass is 9.91. The molecule has 2 aromatic carbocycles. The zero-order chi connectivity index (χ0) is 15.7. The van der Waals surface area contributed by atoms with Crippen molar-refractivity contribution in [2.75, 3.05) is 0 Å². The van der Waals surface area contributed by atoms with Gasteiger partial charge < -0.3 is 5.73 Å². The Hall–Kier alpha value is -1.74. The van der Waals surface area contributed by atoms with Crippen molar-refractivity contribution in [2.45, 2.75) is 40.2 Å². The molecule has 3 heteroatoms. The molecule has 0 radical (unpaired) electrons. The van der Waals surface area contributed by atoms with Gasteiger partial charge in [0.2, 0.25) is 0 Å². The summed E-state index contributed by atoms with van der Waals surface area (Å²) < 4.78 is 28.1. The highest BCUT2D eigenvalue weighted by Crippen LogP contribution is 2.27. The van der Waals surface area contributed by atoms with Crippen LogP contribution in [0, 0.1) is 39.3 Å². The second kappa shape index (κ2) is 5.94. The van der Waals surface area contributed by atoms with Crippen LogP contribution in [0.25, 0.3) is 0 Å². The monoisotopic (exact) mass is 289 g/mol. The molecule has 0 saturated heterocycles. The summed E-state index contributed by atoms with van der Waals surface area (Å²) in [6.45, 7) is 7.66. The van der Waals surface area contributed by atoms with E-state index in [1.165, 1.54) is 17.7 Å². The highest BCUT2D eigenvalue weighted by Gasteiger charge is 2.20. The van der Waals surface area contributed by atoms with Crippen molar-refractivity contribution < 1.29 is 8.78 Å². The molecule has 0 aliphatic carbocycles. The SMILES string of the molecule is Cc1cc(C)c(CC(N)c2c(F)ccc(C)c2F)c(C)c1. The van der Waals surface area contributed by atoms with Gasteiger partial charge in [-0.1, -0.05) is 23.8 Å². The van der Waals surface area contributed by atoms with Gasteiger partial charge in [-0.15, -0.1) is 0 Å². The van der Waals surface area contributed by atoms with Crippen LogP contribution < -0.4 is 5.73 Å². The molecule has 0 spiro atoms. The third-order valence-corrected chi connectivity index (χ3v) is 3.95. The minimum atomic E-state index is -0.690. The summed E-state index contributed by atoms with van der Waals surface area (Å²) in [4.78, 5) is 0. The Morgan fingerprint density at radius 2 is 1.52 bits per heavy atom. The maximum Gasteiger partial charge on any atom is 0.133 e. The predicted octanol–water partition coefficient (Wildman–Crippen LogP) is 4.44. The van der Waals surface area contributed by atoms with Crippen molar-refractivity contribution >= 4 is 0 Å². The second-order valence-electron chi connectivity index (χ2n) is 5.78. The van der Waals surface area contributed by atoms with E-state index >= 15 is 0 Å². The van der Waals surface area contributed by atoms with Crippen LogP contribution in [-0.4, -0.2) is 0 Å². The van der Waals surface area contributed by atoms with Crippen LogP contribution in [0.4, 0.5) is 8.78 Å². The predicted molar refractivity (Wildman–Crippen MR) is 82.4 cm³/mol.